The van der Waals surface area contributed by atoms with E-state index in [2.05, 4.69) is 121 Å². The summed E-state index contributed by atoms with van der Waals surface area (Å²) in [6.45, 7) is 22.6. The molecule has 0 atom stereocenters. The summed E-state index contributed by atoms with van der Waals surface area (Å²) in [6.07, 6.45) is 11.7. The van der Waals surface area contributed by atoms with Crippen molar-refractivity contribution in [2.45, 2.75) is 95.9 Å². The molecule has 0 aliphatic carbocycles. The van der Waals surface area contributed by atoms with E-state index in [0.29, 0.717) is 36.0 Å². The summed E-state index contributed by atoms with van der Waals surface area (Å²) in [6, 6.07) is 10.3. The summed E-state index contributed by atoms with van der Waals surface area (Å²) in [4.78, 5) is 26.9. The summed E-state index contributed by atoms with van der Waals surface area (Å²) in [5.41, 5.74) is 8.23. The Morgan fingerprint density at radius 1 is 0.606 bits per heavy atom. The van der Waals surface area contributed by atoms with Crippen LogP contribution in [0.1, 0.15) is 16.7 Å². The third kappa shape index (κ3) is 13.1. The number of halogens is 1. The molecule has 8 aromatic rings. The quantitative estimate of drug-likeness (QED) is 0.0310. The first-order valence-corrected chi connectivity index (χ1v) is 31.6. The third-order valence-electron chi connectivity index (χ3n) is 10.3. The molecular formula is C43H59ClN16O2S2Si2. The number of aryl methyl sites for hydroxylation is 5. The van der Waals surface area contributed by atoms with Gasteiger partial charge < -0.3 is 18.6 Å². The lowest BCUT2D eigenvalue weighted by molar-refractivity contribution is 0.0898. The molecule has 0 aliphatic rings. The van der Waals surface area contributed by atoms with Gasteiger partial charge in [-0.25, -0.2) is 39.3 Å². The van der Waals surface area contributed by atoms with Crippen molar-refractivity contribution in [3.8, 4) is 34.3 Å². The summed E-state index contributed by atoms with van der Waals surface area (Å²) >= 11 is 8.74. The molecule has 0 N–H and O–H groups in total. The molecule has 18 nitrogen and oxygen atoms in total. The lowest BCUT2D eigenvalue weighted by Gasteiger charge is -2.15. The van der Waals surface area contributed by atoms with Crippen molar-refractivity contribution in [3.63, 3.8) is 0 Å². The molecule has 8 rings (SSSR count). The number of thioether (sulfide) groups is 2. The number of rotatable bonds is 15. The minimum absolute atomic E-state index is 0.425. The van der Waals surface area contributed by atoms with Crippen molar-refractivity contribution in [2.24, 2.45) is 14.1 Å². The fourth-order valence-electron chi connectivity index (χ4n) is 6.42. The number of hydrogen-bond donors (Lipinski definition) is 0. The van der Waals surface area contributed by atoms with E-state index in [1.165, 1.54) is 29.1 Å². The molecule has 0 bridgehead atoms. The molecule has 0 spiro atoms. The Morgan fingerprint density at radius 2 is 1.09 bits per heavy atom. The van der Waals surface area contributed by atoms with Gasteiger partial charge >= 0.3 is 0 Å². The van der Waals surface area contributed by atoms with E-state index in [1.54, 1.807) is 22.6 Å². The fraction of sp³-hybridized carbons (Fsp3) is 0.442. The number of ether oxygens (including phenoxy) is 2. The molecule has 0 fully saturated rings. The highest BCUT2D eigenvalue weighted by Gasteiger charge is 2.20. The van der Waals surface area contributed by atoms with Crippen LogP contribution in [0.25, 0.3) is 56.4 Å². The molecule has 8 heterocycles. The second-order valence-corrected chi connectivity index (χ2v) is 31.2. The Morgan fingerprint density at radius 3 is 1.58 bits per heavy atom. The molecule has 0 amide bonds. The molecule has 350 valence electrons. The van der Waals surface area contributed by atoms with Gasteiger partial charge in [0, 0.05) is 90.1 Å². The largest absolute Gasteiger partial charge is 0.361 e. The zero-order valence-electron chi connectivity index (χ0n) is 40.0. The van der Waals surface area contributed by atoms with Crippen LogP contribution in [-0.4, -0.2) is 121 Å². The van der Waals surface area contributed by atoms with Gasteiger partial charge in [-0.3, -0.25) is 0 Å². The van der Waals surface area contributed by atoms with Crippen molar-refractivity contribution in [3.05, 3.63) is 70.9 Å². The minimum Gasteiger partial charge on any atom is -0.361 e. The van der Waals surface area contributed by atoms with Crippen molar-refractivity contribution in [1.82, 2.24) is 79.5 Å². The van der Waals surface area contributed by atoms with Crippen LogP contribution in [0.5, 0.6) is 0 Å². The standard InChI is InChI=1S/C21H28N8OSSi.C16H24N6OSi.C6H7ClN2S/c1-14-11-22-21(31-3)24-18(14)16-12-29(13-30-9-10-32(4,5)6)19-15(16)7-8-17(23-19)20-25-26-27-28(20)2;1-12-10-22(11-23-8-9-24(3,4)5)15-13(12)6-7-14(17-15)16-18-19-20-21(16)2;1-4-3-8-6(10-2)9-5(4)7/h7-8,11-12H,9-10,13H2,1-6H3;6-7,10H,8-9,11H2,1-5H3;3H,1-2H3. The first kappa shape index (κ1) is 50.4. The zero-order valence-corrected chi connectivity index (χ0v) is 44.4. The van der Waals surface area contributed by atoms with Crippen molar-refractivity contribution < 1.29 is 9.47 Å². The van der Waals surface area contributed by atoms with Crippen molar-refractivity contribution >= 4 is 73.3 Å². The molecule has 0 unspecified atom stereocenters. The number of aromatic nitrogens is 16. The number of hydrogen-bond acceptors (Lipinski definition) is 16. The molecule has 23 heteroatoms. The number of fused-ring (bicyclic) bond motifs is 2. The van der Waals surface area contributed by atoms with Gasteiger partial charge in [-0.15, -0.1) is 10.2 Å². The summed E-state index contributed by atoms with van der Waals surface area (Å²) in [7, 11) is 1.38. The Bertz CT molecular complexity index is 2890. The van der Waals surface area contributed by atoms with Crippen LogP contribution in [0.4, 0.5) is 0 Å². The maximum absolute atomic E-state index is 6.06. The Hall–Kier alpha value is -4.98. The highest BCUT2D eigenvalue weighted by Crippen LogP contribution is 2.33. The Labute approximate surface area is 401 Å². The second kappa shape index (κ2) is 22.2. The lowest BCUT2D eigenvalue weighted by Crippen LogP contribution is -2.22. The normalized spacial score (nSPS) is 11.8. The summed E-state index contributed by atoms with van der Waals surface area (Å²) in [5.74, 6) is 1.27. The van der Waals surface area contributed by atoms with Crippen molar-refractivity contribution in [2.75, 3.05) is 25.7 Å². The van der Waals surface area contributed by atoms with Gasteiger partial charge in [0.05, 0.1) is 5.69 Å². The van der Waals surface area contributed by atoms with Crippen LogP contribution in [0, 0.1) is 20.8 Å². The van der Waals surface area contributed by atoms with E-state index < -0.39 is 16.1 Å². The fourth-order valence-corrected chi connectivity index (χ4v) is 8.79. The number of tetrazole rings is 2. The van der Waals surface area contributed by atoms with Crippen LogP contribution < -0.4 is 0 Å². The molecule has 0 saturated heterocycles. The molecule has 0 aliphatic heterocycles. The highest BCUT2D eigenvalue weighted by molar-refractivity contribution is 7.98. The molecular weight excluding hydrogens is 928 g/mol. The lowest BCUT2D eigenvalue weighted by atomic mass is 10.1. The Kier molecular flexibility index (Phi) is 17.0. The van der Waals surface area contributed by atoms with Gasteiger partial charge in [0.15, 0.2) is 22.0 Å². The van der Waals surface area contributed by atoms with Gasteiger partial charge in [-0.05, 0) is 102 Å². The number of nitrogens with zero attached hydrogens (tertiary/aromatic N) is 16. The predicted octanol–water partition coefficient (Wildman–Crippen LogP) is 9.03. The van der Waals surface area contributed by atoms with Gasteiger partial charge in [0.1, 0.15) is 41.3 Å². The van der Waals surface area contributed by atoms with Crippen LogP contribution in [0.2, 0.25) is 56.5 Å². The molecule has 0 aromatic carbocycles. The SMILES string of the molecule is CSc1ncc(C)c(-c2cn(COCC[Si](C)(C)C)c3nc(-c4nnnn4C)ccc23)n1.CSc1ncc(C)c(Cl)n1.Cc1cn(COCC[Si](C)(C)C)c2nc(-c3nnnn3C)ccc12. The first-order valence-electron chi connectivity index (χ1n) is 21.3. The van der Waals surface area contributed by atoms with Crippen LogP contribution in [0.3, 0.4) is 0 Å². The average Bonchev–Trinajstić information content (AvgIpc) is 4.07. The maximum Gasteiger partial charge on any atom is 0.200 e. The summed E-state index contributed by atoms with van der Waals surface area (Å²) in [5, 5.41) is 27.5. The Balaban J connectivity index is 0.000000185. The monoisotopic (exact) mass is 986 g/mol. The summed E-state index contributed by atoms with van der Waals surface area (Å²) < 4.78 is 19.3. The van der Waals surface area contributed by atoms with Gasteiger partial charge in [-0.1, -0.05) is 74.4 Å². The zero-order chi connectivity index (χ0) is 47.8. The first-order chi connectivity index (χ1) is 31.3. The van der Waals surface area contributed by atoms with Crippen LogP contribution in [0.15, 0.2) is 59.4 Å². The molecule has 0 radical (unpaired) electrons. The van der Waals surface area contributed by atoms with E-state index >= 15 is 0 Å². The molecule has 8 aromatic heterocycles. The van der Waals surface area contributed by atoms with E-state index in [9.17, 15) is 0 Å². The van der Waals surface area contributed by atoms with Gasteiger partial charge in [0.25, 0.3) is 0 Å². The number of pyridine rings is 2. The average molecular weight is 988 g/mol. The predicted molar refractivity (Wildman–Crippen MR) is 269 cm³/mol. The molecule has 66 heavy (non-hydrogen) atoms. The minimum atomic E-state index is -1.16. The van der Waals surface area contributed by atoms with Crippen molar-refractivity contribution in [1.29, 1.82) is 0 Å². The van der Waals surface area contributed by atoms with Gasteiger partial charge in [-0.2, -0.15) is 0 Å². The maximum atomic E-state index is 6.06. The molecule has 0 saturated carbocycles. The van der Waals surface area contributed by atoms with Crippen LogP contribution in [-0.2, 0) is 37.0 Å². The smallest absolute Gasteiger partial charge is 0.200 e. The second-order valence-electron chi connectivity index (χ2n) is 18.1. The van der Waals surface area contributed by atoms with E-state index in [4.69, 9.17) is 36.0 Å². The van der Waals surface area contributed by atoms with E-state index in [-0.39, 0.29) is 0 Å². The third-order valence-corrected chi connectivity index (χ3v) is 15.2. The van der Waals surface area contributed by atoms with E-state index in [1.807, 2.05) is 56.3 Å². The highest BCUT2D eigenvalue weighted by atomic mass is 35.5. The topological polar surface area (TPSA) is 193 Å². The van der Waals surface area contributed by atoms with Gasteiger partial charge in [0.2, 0.25) is 0 Å². The van der Waals surface area contributed by atoms with E-state index in [0.717, 1.165) is 85.8 Å². The van der Waals surface area contributed by atoms with Crippen LogP contribution >= 0.6 is 35.1 Å².